The van der Waals surface area contributed by atoms with Crippen molar-refractivity contribution in [3.05, 3.63) is 59.2 Å². The van der Waals surface area contributed by atoms with Gasteiger partial charge in [0.25, 0.3) is 11.8 Å². The van der Waals surface area contributed by atoms with Crippen LogP contribution in [-0.2, 0) is 4.79 Å². The fraction of sp³-hybridized carbons (Fsp3) is 0.444. The Hall–Kier alpha value is -3.55. The van der Waals surface area contributed by atoms with Crippen LogP contribution in [0.5, 0.6) is 11.5 Å². The van der Waals surface area contributed by atoms with E-state index < -0.39 is 5.97 Å². The standard InChI is InChI=1S/C27H32N2O6/c1-34-24-16-20(8-13-23(24)17-2-3-17)26(31)29-15-14-28-25(30)18-4-9-21(10-5-18)35-22-11-6-19(7-12-22)27(32)33/h4-5,8-10,13,16-17,19,22H,2-3,6-7,11-12,14-15H2,1H3,(H,28,30)(H,29,31)(H,32,33)/t19-,22+. The van der Waals surface area contributed by atoms with E-state index in [4.69, 9.17) is 14.6 Å². The number of nitrogens with one attached hydrogen (secondary N) is 2. The fourth-order valence-electron chi connectivity index (χ4n) is 4.45. The SMILES string of the molecule is COc1cc(C(=O)NCCNC(=O)c2ccc(O[C@H]3CC[C@@H](C(=O)O)CC3)cc2)ccc1C1CC1. The monoisotopic (exact) mass is 480 g/mol. The molecule has 3 N–H and O–H groups in total. The van der Waals surface area contributed by atoms with Gasteiger partial charge in [0.1, 0.15) is 11.5 Å². The molecule has 8 heteroatoms. The number of carboxylic acids is 1. The van der Waals surface area contributed by atoms with Crippen molar-refractivity contribution >= 4 is 17.8 Å². The number of carboxylic acid groups (broad SMARTS) is 1. The summed E-state index contributed by atoms with van der Waals surface area (Å²) in [6.45, 7) is 0.602. The Morgan fingerprint density at radius 1 is 0.857 bits per heavy atom. The lowest BCUT2D eigenvalue weighted by molar-refractivity contribution is -0.143. The molecule has 4 rings (SSSR count). The molecule has 2 aliphatic rings. The number of carbonyl (C=O) groups is 3. The van der Waals surface area contributed by atoms with Crippen LogP contribution in [0.2, 0.25) is 0 Å². The summed E-state index contributed by atoms with van der Waals surface area (Å²) in [4.78, 5) is 35.9. The molecule has 2 amide bonds. The van der Waals surface area contributed by atoms with Crippen LogP contribution < -0.4 is 20.1 Å². The second-order valence-electron chi connectivity index (χ2n) is 9.20. The van der Waals surface area contributed by atoms with E-state index in [1.165, 1.54) is 0 Å². The van der Waals surface area contributed by atoms with Gasteiger partial charge in [-0.05, 0) is 86.4 Å². The molecular formula is C27H32N2O6. The summed E-state index contributed by atoms with van der Waals surface area (Å²) in [6.07, 6.45) is 4.98. The number of hydrogen-bond acceptors (Lipinski definition) is 5. The van der Waals surface area contributed by atoms with Gasteiger partial charge in [0, 0.05) is 24.2 Å². The number of methoxy groups -OCH3 is 1. The summed E-state index contributed by atoms with van der Waals surface area (Å²) in [5.74, 6) is 0.492. The van der Waals surface area contributed by atoms with E-state index in [9.17, 15) is 14.4 Å². The number of aliphatic carboxylic acids is 1. The van der Waals surface area contributed by atoms with Crippen LogP contribution in [0.15, 0.2) is 42.5 Å². The molecule has 2 aromatic carbocycles. The van der Waals surface area contributed by atoms with Gasteiger partial charge in [-0.25, -0.2) is 0 Å². The minimum atomic E-state index is -0.735. The summed E-state index contributed by atoms with van der Waals surface area (Å²) in [5.41, 5.74) is 2.18. The van der Waals surface area contributed by atoms with Crippen molar-refractivity contribution in [1.29, 1.82) is 0 Å². The predicted octanol–water partition coefficient (Wildman–Crippen LogP) is 3.75. The van der Waals surface area contributed by atoms with E-state index in [0.717, 1.165) is 24.2 Å². The van der Waals surface area contributed by atoms with Gasteiger partial charge in [0.2, 0.25) is 0 Å². The molecule has 0 atom stereocenters. The lowest BCUT2D eigenvalue weighted by atomic mass is 9.87. The maximum absolute atomic E-state index is 12.5. The highest BCUT2D eigenvalue weighted by Crippen LogP contribution is 2.44. The van der Waals surface area contributed by atoms with Crippen molar-refractivity contribution in [2.75, 3.05) is 20.2 Å². The molecule has 0 heterocycles. The van der Waals surface area contributed by atoms with Gasteiger partial charge >= 0.3 is 5.97 Å². The first-order valence-corrected chi connectivity index (χ1v) is 12.2. The second kappa shape index (κ2) is 11.3. The molecule has 2 saturated carbocycles. The third-order valence-corrected chi connectivity index (χ3v) is 6.65. The molecule has 186 valence electrons. The third kappa shape index (κ3) is 6.53. The summed E-state index contributed by atoms with van der Waals surface area (Å²) in [5, 5.41) is 14.7. The molecule has 0 aliphatic heterocycles. The van der Waals surface area contributed by atoms with Gasteiger partial charge in [-0.3, -0.25) is 14.4 Å². The molecule has 0 saturated heterocycles. The van der Waals surface area contributed by atoms with Crippen molar-refractivity contribution in [1.82, 2.24) is 10.6 Å². The molecule has 2 fully saturated rings. The zero-order valence-corrected chi connectivity index (χ0v) is 19.9. The minimum Gasteiger partial charge on any atom is -0.496 e. The molecule has 0 unspecified atom stereocenters. The normalized spacial score (nSPS) is 19.5. The van der Waals surface area contributed by atoms with Crippen molar-refractivity contribution < 1.29 is 29.0 Å². The summed E-state index contributed by atoms with van der Waals surface area (Å²) < 4.78 is 11.4. The van der Waals surface area contributed by atoms with Crippen LogP contribution in [0.25, 0.3) is 0 Å². The molecule has 0 bridgehead atoms. The highest BCUT2D eigenvalue weighted by atomic mass is 16.5. The van der Waals surface area contributed by atoms with Crippen LogP contribution >= 0.6 is 0 Å². The average Bonchev–Trinajstić information content (AvgIpc) is 3.72. The Morgan fingerprint density at radius 2 is 1.46 bits per heavy atom. The summed E-state index contributed by atoms with van der Waals surface area (Å²) >= 11 is 0. The molecule has 0 aromatic heterocycles. The van der Waals surface area contributed by atoms with Crippen LogP contribution in [0.3, 0.4) is 0 Å². The lowest BCUT2D eigenvalue weighted by Crippen LogP contribution is -2.34. The van der Waals surface area contributed by atoms with Crippen LogP contribution in [0, 0.1) is 5.92 Å². The van der Waals surface area contributed by atoms with Crippen molar-refractivity contribution in [3.8, 4) is 11.5 Å². The van der Waals surface area contributed by atoms with Gasteiger partial charge < -0.3 is 25.2 Å². The van der Waals surface area contributed by atoms with E-state index in [1.54, 1.807) is 37.4 Å². The largest absolute Gasteiger partial charge is 0.496 e. The summed E-state index contributed by atoms with van der Waals surface area (Å²) in [6, 6.07) is 12.4. The molecule has 2 aromatic rings. The maximum atomic E-state index is 12.5. The van der Waals surface area contributed by atoms with Gasteiger partial charge in [-0.2, -0.15) is 0 Å². The Kier molecular flexibility index (Phi) is 7.90. The zero-order chi connectivity index (χ0) is 24.8. The Bertz CT molecular complexity index is 1060. The topological polar surface area (TPSA) is 114 Å². The zero-order valence-electron chi connectivity index (χ0n) is 19.9. The van der Waals surface area contributed by atoms with Gasteiger partial charge in [0.15, 0.2) is 0 Å². The lowest BCUT2D eigenvalue weighted by Gasteiger charge is -2.26. The van der Waals surface area contributed by atoms with Crippen LogP contribution in [0.1, 0.15) is 70.7 Å². The number of rotatable bonds is 10. The van der Waals surface area contributed by atoms with E-state index in [2.05, 4.69) is 10.6 Å². The number of hydrogen-bond donors (Lipinski definition) is 3. The first-order valence-electron chi connectivity index (χ1n) is 12.2. The van der Waals surface area contributed by atoms with E-state index in [1.807, 2.05) is 12.1 Å². The van der Waals surface area contributed by atoms with Gasteiger partial charge in [-0.15, -0.1) is 0 Å². The number of ether oxygens (including phenoxy) is 2. The van der Waals surface area contributed by atoms with Crippen molar-refractivity contribution in [2.45, 2.75) is 50.5 Å². The highest BCUT2D eigenvalue weighted by Gasteiger charge is 2.28. The first kappa shape index (κ1) is 24.6. The quantitative estimate of drug-likeness (QED) is 0.446. The molecule has 35 heavy (non-hydrogen) atoms. The smallest absolute Gasteiger partial charge is 0.306 e. The number of carbonyl (C=O) groups excluding carboxylic acids is 2. The Morgan fingerprint density at radius 3 is 2.03 bits per heavy atom. The molecular weight excluding hydrogens is 448 g/mol. The van der Waals surface area contributed by atoms with E-state index in [0.29, 0.717) is 61.6 Å². The molecule has 0 spiro atoms. The van der Waals surface area contributed by atoms with Crippen molar-refractivity contribution in [2.24, 2.45) is 5.92 Å². The Labute approximate surface area is 205 Å². The number of benzene rings is 2. The predicted molar refractivity (Wildman–Crippen MR) is 130 cm³/mol. The summed E-state index contributed by atoms with van der Waals surface area (Å²) in [7, 11) is 1.61. The van der Waals surface area contributed by atoms with Gasteiger partial charge in [-0.1, -0.05) is 6.07 Å². The van der Waals surface area contributed by atoms with Crippen LogP contribution in [-0.4, -0.2) is 49.2 Å². The maximum Gasteiger partial charge on any atom is 0.306 e. The Balaban J connectivity index is 1.18. The van der Waals surface area contributed by atoms with E-state index >= 15 is 0 Å². The minimum absolute atomic E-state index is 0.00114. The highest BCUT2D eigenvalue weighted by molar-refractivity contribution is 5.95. The molecule has 2 aliphatic carbocycles. The number of amides is 2. The average molecular weight is 481 g/mol. The first-order chi connectivity index (χ1) is 16.9. The third-order valence-electron chi connectivity index (χ3n) is 6.65. The second-order valence-corrected chi connectivity index (χ2v) is 9.20. The van der Waals surface area contributed by atoms with Crippen LogP contribution in [0.4, 0.5) is 0 Å². The molecule has 0 radical (unpaired) electrons. The fourth-order valence-corrected chi connectivity index (χ4v) is 4.45. The van der Waals surface area contributed by atoms with Gasteiger partial charge in [0.05, 0.1) is 19.1 Å². The molecule has 8 nitrogen and oxygen atoms in total. The van der Waals surface area contributed by atoms with E-state index in [-0.39, 0.29) is 23.8 Å². The van der Waals surface area contributed by atoms with Crippen molar-refractivity contribution in [3.63, 3.8) is 0 Å².